The van der Waals surface area contributed by atoms with E-state index >= 15 is 0 Å². The van der Waals surface area contributed by atoms with Crippen molar-refractivity contribution in [2.45, 2.75) is 71.1 Å². The highest BCUT2D eigenvalue weighted by atomic mass is 16.5. The highest BCUT2D eigenvalue weighted by molar-refractivity contribution is 6.38. The minimum Gasteiger partial charge on any atom is -0.465 e. The number of carbonyl (C=O) groups excluding carboxylic acids is 5. The van der Waals surface area contributed by atoms with E-state index in [9.17, 15) is 33.9 Å². The molecule has 14 nitrogen and oxygen atoms in total. The van der Waals surface area contributed by atoms with Crippen molar-refractivity contribution in [3.05, 3.63) is 0 Å². The van der Waals surface area contributed by atoms with E-state index in [0.717, 1.165) is 0 Å². The third-order valence-corrected chi connectivity index (χ3v) is 6.46. The lowest BCUT2D eigenvalue weighted by molar-refractivity contribution is -0.141. The van der Waals surface area contributed by atoms with Crippen LogP contribution in [0, 0.1) is 11.8 Å². The molecular formula is C25H42N6O8. The van der Waals surface area contributed by atoms with Gasteiger partial charge in [0.15, 0.2) is 0 Å². The van der Waals surface area contributed by atoms with Gasteiger partial charge in [-0.3, -0.25) is 28.9 Å². The van der Waals surface area contributed by atoms with E-state index in [1.807, 2.05) is 18.7 Å². The minimum atomic E-state index is -1.38. The standard InChI is InChI=1S/C25H42N6O8/c1-14(2)11-18(29-23(35)19(30-25(37)38)13-31-7-9-39-10-8-31)22(34)28-17(12-16-5-6-26-21(16)33)20(32)24(36)27-15(3)4/h14-19,30H,5-13H2,1-4H3,(H,26,33)(H,27,36)(H,28,34)(H,29,35)(H,37,38)/t16-,17-,18-,19-/m0/s1. The Hall–Kier alpha value is -3.26. The largest absolute Gasteiger partial charge is 0.465 e. The van der Waals surface area contributed by atoms with Gasteiger partial charge in [0.05, 0.1) is 19.3 Å². The van der Waals surface area contributed by atoms with Crippen molar-refractivity contribution in [2.24, 2.45) is 11.8 Å². The van der Waals surface area contributed by atoms with Crippen LogP contribution in [-0.4, -0.2) is 109 Å². The monoisotopic (exact) mass is 554 g/mol. The molecule has 2 heterocycles. The number of hydrogen-bond acceptors (Lipinski definition) is 8. The summed E-state index contributed by atoms with van der Waals surface area (Å²) in [7, 11) is 0. The molecule has 0 aromatic heterocycles. The number of morpholine rings is 1. The van der Waals surface area contributed by atoms with Crippen LogP contribution in [0.1, 0.15) is 47.0 Å². The number of Topliss-reactive ketones (excluding diaryl/α,β-unsaturated/α-hetero) is 1. The van der Waals surface area contributed by atoms with Crippen LogP contribution in [0.2, 0.25) is 0 Å². The average Bonchev–Trinajstić information content (AvgIpc) is 3.26. The zero-order chi connectivity index (χ0) is 29.1. The number of amides is 5. The molecule has 14 heteroatoms. The number of carbonyl (C=O) groups is 6. The first kappa shape index (κ1) is 32.0. The topological polar surface area (TPSA) is 195 Å². The Morgan fingerprint density at radius 1 is 0.949 bits per heavy atom. The van der Waals surface area contributed by atoms with Gasteiger partial charge in [0, 0.05) is 38.1 Å². The maximum atomic E-state index is 13.4. The fraction of sp³-hybridized carbons (Fsp3) is 0.760. The van der Waals surface area contributed by atoms with Crippen LogP contribution in [0.4, 0.5) is 4.79 Å². The van der Waals surface area contributed by atoms with Crippen LogP contribution in [-0.2, 0) is 28.7 Å². The lowest BCUT2D eigenvalue weighted by atomic mass is 9.94. The lowest BCUT2D eigenvalue weighted by Crippen LogP contribution is -2.59. The van der Waals surface area contributed by atoms with Crippen molar-refractivity contribution in [1.29, 1.82) is 0 Å². The molecule has 0 aliphatic carbocycles. The number of ether oxygens (including phenoxy) is 1. The summed E-state index contributed by atoms with van der Waals surface area (Å²) in [5.74, 6) is -4.03. The predicted molar refractivity (Wildman–Crippen MR) is 140 cm³/mol. The van der Waals surface area contributed by atoms with Crippen molar-refractivity contribution in [2.75, 3.05) is 39.4 Å². The molecule has 2 aliphatic rings. The van der Waals surface area contributed by atoms with Crippen molar-refractivity contribution < 1.29 is 38.6 Å². The molecule has 6 N–H and O–H groups in total. The molecule has 39 heavy (non-hydrogen) atoms. The Labute approximate surface area is 228 Å². The first-order valence-electron chi connectivity index (χ1n) is 13.4. The van der Waals surface area contributed by atoms with E-state index < -0.39 is 53.6 Å². The average molecular weight is 555 g/mol. The highest BCUT2D eigenvalue weighted by Gasteiger charge is 2.36. The summed E-state index contributed by atoms with van der Waals surface area (Å²) in [5, 5.41) is 21.9. The van der Waals surface area contributed by atoms with Crippen LogP contribution in [0.25, 0.3) is 0 Å². The van der Waals surface area contributed by atoms with Crippen LogP contribution in [0.3, 0.4) is 0 Å². The van der Waals surface area contributed by atoms with Crippen molar-refractivity contribution >= 4 is 35.5 Å². The molecule has 0 saturated carbocycles. The molecule has 220 valence electrons. The molecular weight excluding hydrogens is 512 g/mol. The van der Waals surface area contributed by atoms with E-state index in [2.05, 4.69) is 26.6 Å². The van der Waals surface area contributed by atoms with E-state index in [1.165, 1.54) is 0 Å². The quantitative estimate of drug-likeness (QED) is 0.140. The number of ketones is 1. The van der Waals surface area contributed by atoms with Crippen molar-refractivity contribution in [1.82, 2.24) is 31.5 Å². The molecule has 0 unspecified atom stereocenters. The number of rotatable bonds is 14. The van der Waals surface area contributed by atoms with Gasteiger partial charge in [-0.15, -0.1) is 0 Å². The molecule has 5 amide bonds. The second-order valence-electron chi connectivity index (χ2n) is 10.7. The van der Waals surface area contributed by atoms with E-state index in [-0.39, 0.29) is 37.3 Å². The summed E-state index contributed by atoms with van der Waals surface area (Å²) < 4.78 is 5.30. The van der Waals surface area contributed by atoms with Gasteiger partial charge in [-0.05, 0) is 39.0 Å². The van der Waals surface area contributed by atoms with Crippen molar-refractivity contribution in [3.63, 3.8) is 0 Å². The predicted octanol–water partition coefficient (Wildman–Crippen LogP) is -1.41. The Kier molecular flexibility index (Phi) is 12.6. The number of hydrogen-bond donors (Lipinski definition) is 6. The first-order chi connectivity index (χ1) is 18.4. The van der Waals surface area contributed by atoms with Gasteiger partial charge in [0.1, 0.15) is 12.1 Å². The van der Waals surface area contributed by atoms with Crippen LogP contribution >= 0.6 is 0 Å². The van der Waals surface area contributed by atoms with Gasteiger partial charge >= 0.3 is 6.09 Å². The van der Waals surface area contributed by atoms with E-state index in [0.29, 0.717) is 39.3 Å². The molecule has 4 atom stereocenters. The first-order valence-corrected chi connectivity index (χ1v) is 13.4. The molecule has 0 spiro atoms. The second-order valence-corrected chi connectivity index (χ2v) is 10.7. The Bertz CT molecular complexity index is 905. The van der Waals surface area contributed by atoms with Crippen LogP contribution in [0.15, 0.2) is 0 Å². The summed E-state index contributed by atoms with van der Waals surface area (Å²) in [6, 6.07) is -3.86. The smallest absolute Gasteiger partial charge is 0.405 e. The van der Waals surface area contributed by atoms with Gasteiger partial charge in [-0.25, -0.2) is 4.79 Å². The van der Waals surface area contributed by atoms with Gasteiger partial charge < -0.3 is 36.4 Å². The Morgan fingerprint density at radius 2 is 1.56 bits per heavy atom. The number of nitrogens with zero attached hydrogens (tertiary/aromatic N) is 1. The normalized spacial score (nSPS) is 20.1. The second kappa shape index (κ2) is 15.4. The summed E-state index contributed by atoms with van der Waals surface area (Å²) in [5.41, 5.74) is 0. The molecule has 0 bridgehead atoms. The zero-order valence-corrected chi connectivity index (χ0v) is 23.1. The third-order valence-electron chi connectivity index (χ3n) is 6.46. The van der Waals surface area contributed by atoms with Gasteiger partial charge in [-0.1, -0.05) is 13.8 Å². The minimum absolute atomic E-state index is 0.0508. The van der Waals surface area contributed by atoms with Gasteiger partial charge in [-0.2, -0.15) is 0 Å². The van der Waals surface area contributed by atoms with E-state index in [4.69, 9.17) is 4.74 Å². The molecule has 0 radical (unpaired) electrons. The maximum absolute atomic E-state index is 13.4. The highest BCUT2D eigenvalue weighted by Crippen LogP contribution is 2.17. The molecule has 2 aliphatic heterocycles. The summed E-state index contributed by atoms with van der Waals surface area (Å²) in [6.07, 6.45) is -0.798. The maximum Gasteiger partial charge on any atom is 0.405 e. The molecule has 2 rings (SSSR count). The van der Waals surface area contributed by atoms with Crippen LogP contribution < -0.4 is 26.6 Å². The summed E-state index contributed by atoms with van der Waals surface area (Å²) in [4.78, 5) is 77.4. The van der Waals surface area contributed by atoms with Crippen LogP contribution in [0.5, 0.6) is 0 Å². The molecule has 0 aromatic carbocycles. The SMILES string of the molecule is CC(C)C[C@H](NC(=O)[C@H](CN1CCOCC1)NC(=O)O)C(=O)N[C@@H](C[C@@H]1CCNC1=O)C(=O)C(=O)NC(C)C. The number of carboxylic acid groups (broad SMARTS) is 1. The third kappa shape index (κ3) is 10.8. The summed E-state index contributed by atoms with van der Waals surface area (Å²) in [6.45, 7) is 9.55. The fourth-order valence-electron chi connectivity index (χ4n) is 4.51. The Balaban J connectivity index is 2.19. The molecule has 2 fully saturated rings. The molecule has 0 aromatic rings. The Morgan fingerprint density at radius 3 is 2.10 bits per heavy atom. The van der Waals surface area contributed by atoms with E-state index in [1.54, 1.807) is 13.8 Å². The fourth-order valence-corrected chi connectivity index (χ4v) is 4.51. The van der Waals surface area contributed by atoms with Gasteiger partial charge in [0.25, 0.3) is 5.91 Å². The van der Waals surface area contributed by atoms with Crippen molar-refractivity contribution in [3.8, 4) is 0 Å². The number of nitrogens with one attached hydrogen (secondary N) is 5. The lowest BCUT2D eigenvalue weighted by Gasteiger charge is -2.31. The zero-order valence-electron chi connectivity index (χ0n) is 23.1. The van der Waals surface area contributed by atoms with Gasteiger partial charge in [0.2, 0.25) is 23.5 Å². The summed E-state index contributed by atoms with van der Waals surface area (Å²) >= 11 is 0. The molecule has 2 saturated heterocycles.